The van der Waals surface area contributed by atoms with Gasteiger partial charge >= 0.3 is 0 Å². The summed E-state index contributed by atoms with van der Waals surface area (Å²) in [6.45, 7) is 2.02. The Balaban J connectivity index is 1.37. The largest absolute Gasteiger partial charge is 0.325 e. The first kappa shape index (κ1) is 23.4. The van der Waals surface area contributed by atoms with Crippen molar-refractivity contribution in [2.75, 3.05) is 11.1 Å². The lowest BCUT2D eigenvalue weighted by Gasteiger charge is -2.25. The molecule has 4 aromatic rings. The van der Waals surface area contributed by atoms with Crippen LogP contribution in [0.4, 0.5) is 5.69 Å². The van der Waals surface area contributed by atoms with Gasteiger partial charge in [0.05, 0.1) is 5.75 Å². The third-order valence-electron chi connectivity index (χ3n) is 6.49. The summed E-state index contributed by atoms with van der Waals surface area (Å²) in [5, 5.41) is 12.9. The number of anilines is 1. The van der Waals surface area contributed by atoms with Gasteiger partial charge in [0.15, 0.2) is 11.0 Å². The maximum absolute atomic E-state index is 12.6. The predicted octanol–water partition coefficient (Wildman–Crippen LogP) is 7.16. The van der Waals surface area contributed by atoms with E-state index in [1.807, 2.05) is 37.3 Å². The number of carbonyl (C=O) groups is 1. The zero-order chi connectivity index (χ0) is 24.0. The number of amides is 1. The van der Waals surface area contributed by atoms with Crippen LogP contribution in [-0.2, 0) is 4.79 Å². The molecule has 6 heteroatoms. The smallest absolute Gasteiger partial charge is 0.234 e. The summed E-state index contributed by atoms with van der Waals surface area (Å²) in [5.41, 5.74) is 5.38. The fourth-order valence-electron chi connectivity index (χ4n) is 4.73. The Hall–Kier alpha value is -3.38. The highest BCUT2D eigenvalue weighted by atomic mass is 32.2. The van der Waals surface area contributed by atoms with Gasteiger partial charge in [-0.15, -0.1) is 10.2 Å². The number of carbonyl (C=O) groups excluding carboxylic acids is 1. The summed E-state index contributed by atoms with van der Waals surface area (Å²) in [6.07, 6.45) is 5.95. The van der Waals surface area contributed by atoms with Crippen molar-refractivity contribution in [2.24, 2.45) is 0 Å². The SMILES string of the molecule is Cc1cccc(NC(=O)CSc2nnc(-c3ccc(-c4ccccc4)cc3)n2C2CCCCC2)c1. The highest BCUT2D eigenvalue weighted by Gasteiger charge is 2.24. The van der Waals surface area contributed by atoms with Crippen LogP contribution in [-0.4, -0.2) is 26.4 Å². The van der Waals surface area contributed by atoms with Crippen LogP contribution in [0.2, 0.25) is 0 Å². The number of nitrogens with one attached hydrogen (secondary N) is 1. The molecular weight excluding hydrogens is 452 g/mol. The number of aromatic nitrogens is 3. The topological polar surface area (TPSA) is 59.8 Å². The Kier molecular flexibility index (Phi) is 7.28. The maximum atomic E-state index is 12.6. The Morgan fingerprint density at radius 3 is 2.34 bits per heavy atom. The van der Waals surface area contributed by atoms with E-state index in [4.69, 9.17) is 0 Å². The summed E-state index contributed by atoms with van der Waals surface area (Å²) >= 11 is 1.47. The second kappa shape index (κ2) is 10.9. The van der Waals surface area contributed by atoms with Crippen molar-refractivity contribution in [1.82, 2.24) is 14.8 Å². The molecule has 0 radical (unpaired) electrons. The number of hydrogen-bond acceptors (Lipinski definition) is 4. The van der Waals surface area contributed by atoms with Gasteiger partial charge in [-0.1, -0.05) is 97.8 Å². The van der Waals surface area contributed by atoms with E-state index in [2.05, 4.69) is 68.6 Å². The van der Waals surface area contributed by atoms with Crippen LogP contribution in [0.3, 0.4) is 0 Å². The average Bonchev–Trinajstić information content (AvgIpc) is 3.33. The van der Waals surface area contributed by atoms with Gasteiger partial charge in [0, 0.05) is 17.3 Å². The Labute approximate surface area is 211 Å². The molecule has 0 unspecified atom stereocenters. The van der Waals surface area contributed by atoms with Gasteiger partial charge < -0.3 is 5.32 Å². The molecule has 1 aliphatic carbocycles. The van der Waals surface area contributed by atoms with Gasteiger partial charge in [0.1, 0.15) is 0 Å². The Bertz CT molecular complexity index is 1280. The maximum Gasteiger partial charge on any atom is 0.234 e. The second-order valence-electron chi connectivity index (χ2n) is 9.12. The standard InChI is InChI=1S/C29H30N4OS/c1-21-9-8-12-25(19-21)30-27(34)20-35-29-32-31-28(33(29)26-13-6-3-7-14-26)24-17-15-23(16-18-24)22-10-4-2-5-11-22/h2,4-5,8-12,15-19,26H,3,6-7,13-14,20H2,1H3,(H,30,34). The number of rotatable bonds is 7. The number of hydrogen-bond donors (Lipinski definition) is 1. The van der Waals surface area contributed by atoms with Crippen LogP contribution in [0.1, 0.15) is 43.7 Å². The highest BCUT2D eigenvalue weighted by Crippen LogP contribution is 2.36. The normalized spacial score (nSPS) is 14.1. The molecular formula is C29H30N4OS. The van der Waals surface area contributed by atoms with Gasteiger partial charge in [-0.25, -0.2) is 0 Å². The molecule has 5 nitrogen and oxygen atoms in total. The first-order valence-corrected chi connectivity index (χ1v) is 13.3. The first-order valence-electron chi connectivity index (χ1n) is 12.3. The molecule has 0 saturated heterocycles. The molecule has 0 atom stereocenters. The van der Waals surface area contributed by atoms with Gasteiger partial charge in [0.2, 0.25) is 5.91 Å². The van der Waals surface area contributed by atoms with Crippen LogP contribution in [0.15, 0.2) is 84.0 Å². The van der Waals surface area contributed by atoms with Crippen LogP contribution < -0.4 is 5.32 Å². The Morgan fingerprint density at radius 1 is 0.886 bits per heavy atom. The number of benzene rings is 3. The molecule has 0 bridgehead atoms. The monoisotopic (exact) mass is 482 g/mol. The van der Waals surface area contributed by atoms with Gasteiger partial charge in [0.25, 0.3) is 0 Å². The number of aryl methyl sites for hydroxylation is 1. The summed E-state index contributed by atoms with van der Waals surface area (Å²) in [5.74, 6) is 1.15. The summed E-state index contributed by atoms with van der Waals surface area (Å²) in [7, 11) is 0. The summed E-state index contributed by atoms with van der Waals surface area (Å²) in [4.78, 5) is 12.6. The van der Waals surface area contributed by atoms with Crippen molar-refractivity contribution in [3.8, 4) is 22.5 Å². The minimum Gasteiger partial charge on any atom is -0.325 e. The quantitative estimate of drug-likeness (QED) is 0.284. The molecule has 1 saturated carbocycles. The van der Waals surface area contributed by atoms with Gasteiger partial charge in [-0.3, -0.25) is 9.36 Å². The fraction of sp³-hybridized carbons (Fsp3) is 0.276. The first-order chi connectivity index (χ1) is 17.2. The van der Waals surface area contributed by atoms with E-state index >= 15 is 0 Å². The molecule has 1 aromatic heterocycles. The third kappa shape index (κ3) is 5.65. The molecule has 35 heavy (non-hydrogen) atoms. The van der Waals surface area contributed by atoms with Crippen molar-refractivity contribution in [3.05, 3.63) is 84.4 Å². The highest BCUT2D eigenvalue weighted by molar-refractivity contribution is 7.99. The number of thioether (sulfide) groups is 1. The zero-order valence-corrected chi connectivity index (χ0v) is 20.8. The van der Waals surface area contributed by atoms with Crippen molar-refractivity contribution in [1.29, 1.82) is 0 Å². The second-order valence-corrected chi connectivity index (χ2v) is 10.1. The molecule has 0 aliphatic heterocycles. The van der Waals surface area contributed by atoms with E-state index in [1.54, 1.807) is 0 Å². The molecule has 1 fully saturated rings. The molecule has 3 aromatic carbocycles. The van der Waals surface area contributed by atoms with E-state index in [9.17, 15) is 4.79 Å². The summed E-state index contributed by atoms with van der Waals surface area (Å²) < 4.78 is 2.28. The van der Waals surface area contributed by atoms with Crippen molar-refractivity contribution >= 4 is 23.4 Å². The van der Waals surface area contributed by atoms with Gasteiger partial charge in [-0.2, -0.15) is 0 Å². The van der Waals surface area contributed by atoms with E-state index in [-0.39, 0.29) is 5.91 Å². The zero-order valence-electron chi connectivity index (χ0n) is 20.0. The van der Waals surface area contributed by atoms with E-state index in [0.29, 0.717) is 11.8 Å². The predicted molar refractivity (Wildman–Crippen MR) is 144 cm³/mol. The lowest BCUT2D eigenvalue weighted by molar-refractivity contribution is -0.113. The fourth-order valence-corrected chi connectivity index (χ4v) is 5.54. The number of nitrogens with zero attached hydrogens (tertiary/aromatic N) is 3. The molecule has 0 spiro atoms. The van der Waals surface area contributed by atoms with E-state index < -0.39 is 0 Å². The van der Waals surface area contributed by atoms with Crippen LogP contribution in [0, 0.1) is 6.92 Å². The third-order valence-corrected chi connectivity index (χ3v) is 7.43. The lowest BCUT2D eigenvalue weighted by atomic mass is 9.95. The van der Waals surface area contributed by atoms with E-state index in [1.165, 1.54) is 42.2 Å². The minimum atomic E-state index is -0.0347. The summed E-state index contributed by atoms with van der Waals surface area (Å²) in [6, 6.07) is 27.2. The van der Waals surface area contributed by atoms with Crippen molar-refractivity contribution in [3.63, 3.8) is 0 Å². The molecule has 5 rings (SSSR count). The molecule has 1 N–H and O–H groups in total. The van der Waals surface area contributed by atoms with E-state index in [0.717, 1.165) is 40.6 Å². The minimum absolute atomic E-state index is 0.0347. The average molecular weight is 483 g/mol. The van der Waals surface area contributed by atoms with Gasteiger partial charge in [-0.05, 0) is 48.6 Å². The van der Waals surface area contributed by atoms with Crippen LogP contribution >= 0.6 is 11.8 Å². The van der Waals surface area contributed by atoms with Crippen LogP contribution in [0.25, 0.3) is 22.5 Å². The lowest BCUT2D eigenvalue weighted by Crippen LogP contribution is -2.17. The molecule has 1 heterocycles. The molecule has 1 aliphatic rings. The Morgan fingerprint density at radius 2 is 1.60 bits per heavy atom. The molecule has 178 valence electrons. The van der Waals surface area contributed by atoms with Crippen molar-refractivity contribution < 1.29 is 4.79 Å². The van der Waals surface area contributed by atoms with Crippen LogP contribution in [0.5, 0.6) is 0 Å². The van der Waals surface area contributed by atoms with Crippen molar-refractivity contribution in [2.45, 2.75) is 50.2 Å². The molecule has 1 amide bonds.